The van der Waals surface area contributed by atoms with Crippen LogP contribution in [0.15, 0.2) is 40.9 Å². The molecule has 6 unspecified atom stereocenters. The van der Waals surface area contributed by atoms with Crippen molar-refractivity contribution in [3.05, 3.63) is 53.7 Å². The van der Waals surface area contributed by atoms with Gasteiger partial charge >= 0.3 is 29.6 Å². The molecular formula is C27H31N2NaO6. The molecule has 8 nitrogen and oxygen atoms in total. The summed E-state index contributed by atoms with van der Waals surface area (Å²) >= 11 is 0. The summed E-state index contributed by atoms with van der Waals surface area (Å²) in [7, 11) is 0. The first kappa shape index (κ1) is 27.1. The molecule has 0 amide bonds. The maximum Gasteiger partial charge on any atom is 1.00 e. The van der Waals surface area contributed by atoms with Gasteiger partial charge in [-0.25, -0.2) is 4.98 Å². The molecule has 5 rings (SSSR count). The normalized spacial score (nSPS) is 29.1. The fourth-order valence-electron chi connectivity index (χ4n) is 5.52. The van der Waals surface area contributed by atoms with E-state index in [0.29, 0.717) is 29.1 Å². The van der Waals surface area contributed by atoms with Gasteiger partial charge in [-0.2, -0.15) is 0 Å². The first-order valence-electron chi connectivity index (χ1n) is 12.4. The number of aromatic amines is 1. The van der Waals surface area contributed by atoms with Gasteiger partial charge in [-0.05, 0) is 42.9 Å². The Kier molecular flexibility index (Phi) is 8.12. The molecule has 2 aromatic heterocycles. The molecular weight excluding hydrogens is 471 g/mol. The number of hydrogen-bond acceptors (Lipinski definition) is 7. The molecule has 2 aliphatic heterocycles. The number of Topliss-reactive ketones (excluding diaryl/α,β-unsaturated/α-hetero) is 1. The Bertz CT molecular complexity index is 1220. The summed E-state index contributed by atoms with van der Waals surface area (Å²) in [4.78, 5) is 31.9. The number of benzene rings is 1. The number of carboxylic acid groups (broad SMARTS) is 1. The third-order valence-electron chi connectivity index (χ3n) is 7.70. The molecule has 0 aliphatic carbocycles. The summed E-state index contributed by atoms with van der Waals surface area (Å²) in [5.74, 6) is -1.39. The molecule has 36 heavy (non-hydrogen) atoms. The number of ketones is 1. The van der Waals surface area contributed by atoms with Gasteiger partial charge in [-0.15, -0.1) is 0 Å². The summed E-state index contributed by atoms with van der Waals surface area (Å²) in [5.41, 5.74) is 1.31. The van der Waals surface area contributed by atoms with Gasteiger partial charge in [-0.1, -0.05) is 32.9 Å². The van der Waals surface area contributed by atoms with Crippen LogP contribution in [-0.2, 0) is 15.9 Å². The second kappa shape index (κ2) is 10.8. The Morgan fingerprint density at radius 1 is 1.14 bits per heavy atom. The molecule has 186 valence electrons. The molecule has 1 aromatic carbocycles. The molecule has 3 aromatic rings. The second-order valence-corrected chi connectivity index (χ2v) is 10.2. The largest absolute Gasteiger partial charge is 1.00 e. The maximum atomic E-state index is 13.0. The predicted octanol–water partition coefficient (Wildman–Crippen LogP) is 0.911. The Hall–Kier alpha value is -1.97. The number of oxazole rings is 1. The number of aromatic nitrogens is 2. The molecule has 1 spiro atoms. The summed E-state index contributed by atoms with van der Waals surface area (Å²) in [6.45, 7) is 6.19. The second-order valence-electron chi connectivity index (χ2n) is 10.2. The molecule has 9 heteroatoms. The van der Waals surface area contributed by atoms with Gasteiger partial charge in [0, 0.05) is 30.5 Å². The molecule has 2 aliphatic rings. The van der Waals surface area contributed by atoms with Crippen molar-refractivity contribution >= 4 is 22.9 Å². The molecule has 0 saturated carbocycles. The Balaban J connectivity index is 0.00000304. The van der Waals surface area contributed by atoms with E-state index in [1.165, 1.54) is 6.07 Å². The van der Waals surface area contributed by atoms with Gasteiger partial charge in [-0.3, -0.25) is 4.79 Å². The van der Waals surface area contributed by atoms with E-state index in [2.05, 4.69) is 23.8 Å². The topological polar surface area (TPSA) is 117 Å². The van der Waals surface area contributed by atoms with Crippen molar-refractivity contribution in [2.75, 3.05) is 0 Å². The number of para-hydroxylation sites is 1. The van der Waals surface area contributed by atoms with Gasteiger partial charge in [0.25, 0.3) is 0 Å². The van der Waals surface area contributed by atoms with Crippen LogP contribution >= 0.6 is 0 Å². The number of nitrogens with zero attached hydrogens (tertiary/aromatic N) is 1. The molecule has 6 atom stereocenters. The maximum absolute atomic E-state index is 13.0. The third kappa shape index (κ3) is 5.20. The van der Waals surface area contributed by atoms with Crippen molar-refractivity contribution in [2.24, 2.45) is 17.8 Å². The minimum atomic E-state index is -1.28. The first-order valence-corrected chi connectivity index (χ1v) is 12.4. The van der Waals surface area contributed by atoms with Crippen LogP contribution < -0.4 is 34.7 Å². The summed E-state index contributed by atoms with van der Waals surface area (Å²) in [6, 6.07) is 8.40. The van der Waals surface area contributed by atoms with Gasteiger partial charge in [0.15, 0.2) is 23.0 Å². The number of hydrogen-bond donors (Lipinski definition) is 1. The van der Waals surface area contributed by atoms with Crippen molar-refractivity contribution in [2.45, 2.75) is 70.9 Å². The summed E-state index contributed by atoms with van der Waals surface area (Å²) < 4.78 is 19.1. The first-order chi connectivity index (χ1) is 16.8. The molecule has 0 radical (unpaired) electrons. The Morgan fingerprint density at radius 2 is 1.89 bits per heavy atom. The number of nitrogens with one attached hydrogen (secondary N) is 1. The van der Waals surface area contributed by atoms with Crippen LogP contribution in [0.1, 0.15) is 73.2 Å². The van der Waals surface area contributed by atoms with Crippen molar-refractivity contribution < 1.29 is 58.1 Å². The van der Waals surface area contributed by atoms with Gasteiger partial charge in [0.2, 0.25) is 0 Å². The molecule has 1 N–H and O–H groups in total. The fourth-order valence-corrected chi connectivity index (χ4v) is 5.52. The van der Waals surface area contributed by atoms with Crippen LogP contribution in [-0.4, -0.2) is 39.7 Å². The number of carboxylic acids is 1. The van der Waals surface area contributed by atoms with E-state index in [4.69, 9.17) is 13.9 Å². The standard InChI is InChI=1S/C27H32N2O6.Na/c1-15-9-11-27(12-10-16(2)25(35-27)17(3)24(30)19-7-5-13-28-19)34-21(15)14-22-29-23-18(26(31)32)6-4-8-20(23)33-22;/h4-8,13,15-17,21,25,28H,9-12,14H2,1-3H3,(H,31,32);/q;+1/p-1. The number of carbonyl (C=O) groups is 2. The van der Waals surface area contributed by atoms with Crippen LogP contribution in [0.2, 0.25) is 0 Å². The summed E-state index contributed by atoms with van der Waals surface area (Å²) in [5, 5.41) is 11.4. The predicted molar refractivity (Wildman–Crippen MR) is 126 cm³/mol. The SMILES string of the molecule is CC1CCC2(CCC(C)C(C(C)C(=O)c3ccc[nH]3)O2)OC1Cc1nc2c(C(=O)[O-])cccc2o1.[Na+]. The van der Waals surface area contributed by atoms with E-state index in [9.17, 15) is 14.7 Å². The van der Waals surface area contributed by atoms with E-state index >= 15 is 0 Å². The smallest absolute Gasteiger partial charge is 0.545 e. The van der Waals surface area contributed by atoms with Crippen LogP contribution in [0.5, 0.6) is 0 Å². The average Bonchev–Trinajstić information content (AvgIpc) is 3.52. The van der Waals surface area contributed by atoms with Crippen LogP contribution in [0, 0.1) is 17.8 Å². The van der Waals surface area contributed by atoms with E-state index in [-0.39, 0.29) is 70.9 Å². The van der Waals surface area contributed by atoms with Crippen LogP contribution in [0.4, 0.5) is 0 Å². The van der Waals surface area contributed by atoms with Gasteiger partial charge in [0.05, 0.1) is 30.3 Å². The van der Waals surface area contributed by atoms with E-state index in [1.807, 2.05) is 13.0 Å². The van der Waals surface area contributed by atoms with E-state index in [1.54, 1.807) is 24.4 Å². The van der Waals surface area contributed by atoms with E-state index < -0.39 is 11.8 Å². The fraction of sp³-hybridized carbons (Fsp3) is 0.519. The number of aromatic carboxylic acids is 1. The molecule has 2 fully saturated rings. The van der Waals surface area contributed by atoms with Crippen molar-refractivity contribution in [3.8, 4) is 0 Å². The zero-order valence-corrected chi connectivity index (χ0v) is 23.3. The monoisotopic (exact) mass is 502 g/mol. The van der Waals surface area contributed by atoms with Gasteiger partial charge < -0.3 is 28.8 Å². The van der Waals surface area contributed by atoms with E-state index in [0.717, 1.165) is 25.7 Å². The minimum absolute atomic E-state index is 0. The number of ether oxygens (including phenoxy) is 2. The summed E-state index contributed by atoms with van der Waals surface area (Å²) in [6.07, 6.45) is 5.06. The molecule has 0 bridgehead atoms. The quantitative estimate of drug-likeness (QED) is 0.393. The third-order valence-corrected chi connectivity index (χ3v) is 7.70. The zero-order valence-electron chi connectivity index (χ0n) is 21.3. The molecule has 2 saturated heterocycles. The van der Waals surface area contributed by atoms with Crippen molar-refractivity contribution in [1.29, 1.82) is 0 Å². The number of carbonyl (C=O) groups excluding carboxylic acids is 2. The number of fused-ring (bicyclic) bond motifs is 1. The number of H-pyrrole nitrogens is 1. The molecule has 4 heterocycles. The Morgan fingerprint density at radius 3 is 2.58 bits per heavy atom. The average molecular weight is 503 g/mol. The minimum Gasteiger partial charge on any atom is -0.545 e. The van der Waals surface area contributed by atoms with Crippen molar-refractivity contribution in [1.82, 2.24) is 9.97 Å². The van der Waals surface area contributed by atoms with Crippen LogP contribution in [0.3, 0.4) is 0 Å². The zero-order chi connectivity index (χ0) is 24.7. The van der Waals surface area contributed by atoms with Crippen molar-refractivity contribution in [3.63, 3.8) is 0 Å². The Labute approximate surface area is 232 Å². The van der Waals surface area contributed by atoms with Gasteiger partial charge in [0.1, 0.15) is 5.52 Å². The number of rotatable bonds is 6. The van der Waals surface area contributed by atoms with Crippen LogP contribution in [0.25, 0.3) is 11.1 Å².